The second-order valence-corrected chi connectivity index (χ2v) is 5.49. The minimum Gasteiger partial charge on any atom is -0.457 e. The Hall–Kier alpha value is -1.54. The van der Waals surface area contributed by atoms with Crippen molar-refractivity contribution in [2.24, 2.45) is 0 Å². The molecular formula is C12H10O5S2. The van der Waals surface area contributed by atoms with Crippen LogP contribution >= 0.6 is 0 Å². The van der Waals surface area contributed by atoms with Crippen molar-refractivity contribution < 1.29 is 22.3 Å². The Bertz CT molecular complexity index is 586. The van der Waals surface area contributed by atoms with Gasteiger partial charge in [-0.2, -0.15) is 0 Å². The van der Waals surface area contributed by atoms with E-state index in [1.165, 1.54) is 24.3 Å². The minimum absolute atomic E-state index is 0.222. The predicted molar refractivity (Wildman–Crippen MR) is 71.0 cm³/mol. The topological polar surface area (TPSA) is 83.8 Å². The first-order valence-electron chi connectivity index (χ1n) is 5.16. The first-order valence-corrected chi connectivity index (χ1v) is 7.37. The SMILES string of the molecule is O=S(O)c1cccc(Oc2cccc(S(=O)O)c2)c1. The van der Waals surface area contributed by atoms with Crippen LogP contribution < -0.4 is 4.74 Å². The number of hydrogen-bond donors (Lipinski definition) is 2. The number of benzene rings is 2. The van der Waals surface area contributed by atoms with Crippen molar-refractivity contribution in [3.63, 3.8) is 0 Å². The maximum absolute atomic E-state index is 10.9. The van der Waals surface area contributed by atoms with Gasteiger partial charge in [0.1, 0.15) is 11.5 Å². The molecule has 2 aromatic carbocycles. The van der Waals surface area contributed by atoms with E-state index in [1.54, 1.807) is 24.3 Å². The normalized spacial score (nSPS) is 13.8. The van der Waals surface area contributed by atoms with Crippen LogP contribution in [-0.4, -0.2) is 17.5 Å². The molecule has 0 spiro atoms. The highest BCUT2D eigenvalue weighted by Gasteiger charge is 2.05. The Balaban J connectivity index is 2.26. The molecule has 0 aliphatic rings. The van der Waals surface area contributed by atoms with Crippen molar-refractivity contribution in [2.45, 2.75) is 9.79 Å². The van der Waals surface area contributed by atoms with E-state index >= 15 is 0 Å². The molecule has 0 saturated heterocycles. The van der Waals surface area contributed by atoms with Gasteiger partial charge in [-0.3, -0.25) is 0 Å². The molecule has 2 atom stereocenters. The predicted octanol–water partition coefficient (Wildman–Crippen LogP) is 2.64. The van der Waals surface area contributed by atoms with Gasteiger partial charge in [0.2, 0.25) is 0 Å². The zero-order valence-corrected chi connectivity index (χ0v) is 11.2. The molecule has 0 aliphatic carbocycles. The lowest BCUT2D eigenvalue weighted by molar-refractivity contribution is 0.478. The summed E-state index contributed by atoms with van der Waals surface area (Å²) < 4.78 is 45.3. The largest absolute Gasteiger partial charge is 0.457 e. The van der Waals surface area contributed by atoms with Crippen LogP contribution in [0.5, 0.6) is 11.5 Å². The molecule has 0 bridgehead atoms. The smallest absolute Gasteiger partial charge is 0.186 e. The summed E-state index contributed by atoms with van der Waals surface area (Å²) in [5, 5.41) is 0. The summed E-state index contributed by atoms with van der Waals surface area (Å²) in [6.45, 7) is 0. The molecule has 0 amide bonds. The molecule has 5 nitrogen and oxygen atoms in total. The van der Waals surface area contributed by atoms with Crippen LogP contribution in [0.4, 0.5) is 0 Å². The van der Waals surface area contributed by atoms with Gasteiger partial charge in [-0.15, -0.1) is 0 Å². The fourth-order valence-electron chi connectivity index (χ4n) is 1.43. The van der Waals surface area contributed by atoms with Crippen LogP contribution in [0.3, 0.4) is 0 Å². The maximum atomic E-state index is 10.9. The second-order valence-electron chi connectivity index (χ2n) is 3.55. The number of hydrogen-bond acceptors (Lipinski definition) is 3. The van der Waals surface area contributed by atoms with Crippen LogP contribution in [-0.2, 0) is 22.2 Å². The zero-order valence-electron chi connectivity index (χ0n) is 9.55. The standard InChI is InChI=1S/C12H10O5S2/c13-18(14)11-5-1-3-9(7-11)17-10-4-2-6-12(8-10)19(15)16/h1-8H,(H,13,14)(H,15,16). The molecule has 2 rings (SSSR count). The van der Waals surface area contributed by atoms with Crippen LogP contribution in [0.15, 0.2) is 58.3 Å². The third-order valence-electron chi connectivity index (χ3n) is 2.25. The summed E-state index contributed by atoms with van der Waals surface area (Å²) in [5.74, 6) is 0.751. The van der Waals surface area contributed by atoms with Gasteiger partial charge in [0.25, 0.3) is 0 Å². The first kappa shape index (κ1) is 13.9. The van der Waals surface area contributed by atoms with Crippen molar-refractivity contribution in [1.29, 1.82) is 0 Å². The average Bonchev–Trinajstić information content (AvgIpc) is 2.39. The van der Waals surface area contributed by atoms with Gasteiger partial charge in [-0.05, 0) is 36.4 Å². The maximum Gasteiger partial charge on any atom is 0.186 e. The lowest BCUT2D eigenvalue weighted by Gasteiger charge is -2.07. The second kappa shape index (κ2) is 6.07. The van der Waals surface area contributed by atoms with Gasteiger partial charge < -0.3 is 13.8 Å². The van der Waals surface area contributed by atoms with E-state index in [0.717, 1.165) is 0 Å². The molecule has 19 heavy (non-hydrogen) atoms. The van der Waals surface area contributed by atoms with Crippen molar-refractivity contribution in [3.05, 3.63) is 48.5 Å². The van der Waals surface area contributed by atoms with Gasteiger partial charge in [-0.1, -0.05) is 12.1 Å². The van der Waals surface area contributed by atoms with Crippen molar-refractivity contribution in [1.82, 2.24) is 0 Å². The van der Waals surface area contributed by atoms with Crippen molar-refractivity contribution in [2.75, 3.05) is 0 Å². The summed E-state index contributed by atoms with van der Waals surface area (Å²) in [6.07, 6.45) is 0. The molecule has 2 unspecified atom stereocenters. The molecule has 0 radical (unpaired) electrons. The van der Waals surface area contributed by atoms with Crippen LogP contribution in [0.25, 0.3) is 0 Å². The highest BCUT2D eigenvalue weighted by Crippen LogP contribution is 2.24. The average molecular weight is 298 g/mol. The van der Waals surface area contributed by atoms with E-state index in [9.17, 15) is 8.42 Å². The summed E-state index contributed by atoms with van der Waals surface area (Å²) in [7, 11) is 0. The molecule has 7 heteroatoms. The molecule has 0 saturated carbocycles. The summed E-state index contributed by atoms with van der Waals surface area (Å²) in [5.41, 5.74) is 0. The minimum atomic E-state index is -2.08. The molecule has 2 aromatic rings. The van der Waals surface area contributed by atoms with Crippen molar-refractivity contribution >= 4 is 22.2 Å². The lowest BCUT2D eigenvalue weighted by Crippen LogP contribution is -1.92. The van der Waals surface area contributed by atoms with Crippen LogP contribution in [0.2, 0.25) is 0 Å². The van der Waals surface area contributed by atoms with E-state index in [-0.39, 0.29) is 9.79 Å². The Morgan fingerprint density at radius 3 is 1.58 bits per heavy atom. The molecule has 0 aromatic heterocycles. The van der Waals surface area contributed by atoms with E-state index in [4.69, 9.17) is 13.8 Å². The Labute approximate surface area is 114 Å². The van der Waals surface area contributed by atoms with E-state index in [1.807, 2.05) is 0 Å². The third kappa shape index (κ3) is 3.71. The highest BCUT2D eigenvalue weighted by molar-refractivity contribution is 7.79. The summed E-state index contributed by atoms with van der Waals surface area (Å²) in [4.78, 5) is 0.443. The lowest BCUT2D eigenvalue weighted by atomic mass is 10.3. The fraction of sp³-hybridized carbons (Fsp3) is 0. The van der Waals surface area contributed by atoms with Gasteiger partial charge in [0.05, 0.1) is 9.79 Å². The first-order chi connectivity index (χ1) is 9.06. The highest BCUT2D eigenvalue weighted by atomic mass is 32.2. The van der Waals surface area contributed by atoms with E-state index < -0.39 is 22.2 Å². The van der Waals surface area contributed by atoms with Gasteiger partial charge in [0, 0.05) is 0 Å². The quantitative estimate of drug-likeness (QED) is 0.848. The molecule has 0 fully saturated rings. The molecule has 100 valence electrons. The zero-order chi connectivity index (χ0) is 13.8. The van der Waals surface area contributed by atoms with E-state index in [0.29, 0.717) is 11.5 Å². The number of rotatable bonds is 4. The van der Waals surface area contributed by atoms with Crippen LogP contribution in [0.1, 0.15) is 0 Å². The molecular weight excluding hydrogens is 288 g/mol. The molecule has 2 N–H and O–H groups in total. The Morgan fingerprint density at radius 2 is 1.21 bits per heavy atom. The fourth-order valence-corrected chi connectivity index (χ4v) is 2.25. The summed E-state index contributed by atoms with van der Waals surface area (Å²) >= 11 is -4.16. The van der Waals surface area contributed by atoms with Gasteiger partial charge >= 0.3 is 0 Å². The van der Waals surface area contributed by atoms with Crippen LogP contribution in [0, 0.1) is 0 Å². The van der Waals surface area contributed by atoms with E-state index in [2.05, 4.69) is 0 Å². The monoisotopic (exact) mass is 298 g/mol. The molecule has 0 heterocycles. The third-order valence-corrected chi connectivity index (χ3v) is 3.56. The number of ether oxygens (including phenoxy) is 1. The van der Waals surface area contributed by atoms with Crippen molar-refractivity contribution in [3.8, 4) is 11.5 Å². The Kier molecular flexibility index (Phi) is 4.43. The Morgan fingerprint density at radius 1 is 0.789 bits per heavy atom. The van der Waals surface area contributed by atoms with Gasteiger partial charge in [0.15, 0.2) is 22.2 Å². The molecule has 0 aliphatic heterocycles. The summed E-state index contributed by atoms with van der Waals surface area (Å²) in [6, 6.07) is 12.3. The van der Waals surface area contributed by atoms with Gasteiger partial charge in [-0.25, -0.2) is 8.42 Å².